The zero-order chi connectivity index (χ0) is 14.0. The van der Waals surface area contributed by atoms with Gasteiger partial charge in [-0.05, 0) is 18.2 Å². The maximum atomic E-state index is 12.2. The fraction of sp³-hybridized carbons (Fsp3) is 0.333. The molecule has 0 spiro atoms. The summed E-state index contributed by atoms with van der Waals surface area (Å²) in [5, 5.41) is 9.61. The molecule has 1 aliphatic heterocycles. The molecule has 1 amide bonds. The van der Waals surface area contributed by atoms with Gasteiger partial charge in [0.25, 0.3) is 5.91 Å². The van der Waals surface area contributed by atoms with Crippen LogP contribution in [0.25, 0.3) is 0 Å². The molecule has 1 unspecified atom stereocenters. The number of carboxylic acid groups (broad SMARTS) is 1. The van der Waals surface area contributed by atoms with E-state index in [0.29, 0.717) is 22.2 Å². The molecule has 1 aromatic carbocycles. The maximum absolute atomic E-state index is 12.2. The van der Waals surface area contributed by atoms with Gasteiger partial charge in [0.2, 0.25) is 0 Å². The summed E-state index contributed by atoms with van der Waals surface area (Å²) in [4.78, 5) is 24.5. The molecule has 0 aromatic heterocycles. The molecule has 0 radical (unpaired) electrons. The van der Waals surface area contributed by atoms with Crippen molar-refractivity contribution in [3.05, 3.63) is 33.8 Å². The van der Waals surface area contributed by atoms with Gasteiger partial charge in [0, 0.05) is 22.2 Å². The number of halogens is 2. The molecule has 1 atom stereocenters. The molecular weight excluding hydrogens is 293 g/mol. The van der Waals surface area contributed by atoms with Crippen LogP contribution in [0, 0.1) is 0 Å². The highest BCUT2D eigenvalue weighted by atomic mass is 35.5. The van der Waals surface area contributed by atoms with Gasteiger partial charge >= 0.3 is 5.97 Å². The number of carboxylic acids is 1. The van der Waals surface area contributed by atoms with Crippen LogP contribution in [0.2, 0.25) is 10.0 Å². The Balaban J connectivity index is 2.16. The van der Waals surface area contributed by atoms with E-state index in [9.17, 15) is 9.59 Å². The Kier molecular flexibility index (Phi) is 4.29. The molecule has 102 valence electrons. The SMILES string of the molecule is O=C(O)C1CN(C(=O)c2cc(Cl)cc(Cl)c2)CCO1. The summed E-state index contributed by atoms with van der Waals surface area (Å²) >= 11 is 11.7. The number of morpholine rings is 1. The van der Waals surface area contributed by atoms with Crippen molar-refractivity contribution in [1.29, 1.82) is 0 Å². The third-order valence-electron chi connectivity index (χ3n) is 2.74. The molecule has 0 bridgehead atoms. The highest BCUT2D eigenvalue weighted by molar-refractivity contribution is 6.35. The van der Waals surface area contributed by atoms with Gasteiger partial charge in [0.1, 0.15) is 0 Å². The summed E-state index contributed by atoms with van der Waals surface area (Å²) in [6.07, 6.45) is -0.993. The molecule has 1 heterocycles. The van der Waals surface area contributed by atoms with E-state index in [1.165, 1.54) is 23.1 Å². The lowest BCUT2D eigenvalue weighted by Gasteiger charge is -2.31. The average Bonchev–Trinajstić information content (AvgIpc) is 2.37. The van der Waals surface area contributed by atoms with Crippen molar-refractivity contribution in [2.24, 2.45) is 0 Å². The van der Waals surface area contributed by atoms with Crippen molar-refractivity contribution in [2.75, 3.05) is 19.7 Å². The molecule has 1 fully saturated rings. The number of benzene rings is 1. The minimum Gasteiger partial charge on any atom is -0.479 e. The van der Waals surface area contributed by atoms with E-state index >= 15 is 0 Å². The Morgan fingerprint density at radius 1 is 1.26 bits per heavy atom. The number of ether oxygens (including phenoxy) is 1. The van der Waals surface area contributed by atoms with Crippen LogP contribution in [0.15, 0.2) is 18.2 Å². The van der Waals surface area contributed by atoms with Gasteiger partial charge < -0.3 is 14.7 Å². The summed E-state index contributed by atoms with van der Waals surface area (Å²) in [6, 6.07) is 4.53. The first-order valence-electron chi connectivity index (χ1n) is 5.57. The Hall–Kier alpha value is -1.30. The van der Waals surface area contributed by atoms with E-state index in [1.807, 2.05) is 0 Å². The second-order valence-corrected chi connectivity index (χ2v) is 4.98. The zero-order valence-corrected chi connectivity index (χ0v) is 11.3. The maximum Gasteiger partial charge on any atom is 0.334 e. The van der Waals surface area contributed by atoms with Crippen molar-refractivity contribution in [1.82, 2.24) is 4.90 Å². The molecule has 0 aliphatic carbocycles. The Labute approximate surface area is 119 Å². The summed E-state index contributed by atoms with van der Waals surface area (Å²) in [7, 11) is 0. The van der Waals surface area contributed by atoms with Crippen LogP contribution >= 0.6 is 23.2 Å². The first-order valence-corrected chi connectivity index (χ1v) is 6.33. The fourth-order valence-electron chi connectivity index (χ4n) is 1.84. The van der Waals surface area contributed by atoms with Gasteiger partial charge in [-0.3, -0.25) is 4.79 Å². The standard InChI is InChI=1S/C12H11Cl2NO4/c13-8-3-7(4-9(14)5-8)11(16)15-1-2-19-10(6-15)12(17)18/h3-5,10H,1-2,6H2,(H,17,18). The summed E-state index contributed by atoms with van der Waals surface area (Å²) < 4.78 is 5.06. The van der Waals surface area contributed by atoms with Crippen LogP contribution in [0.4, 0.5) is 0 Å². The predicted molar refractivity (Wildman–Crippen MR) is 69.7 cm³/mol. The quantitative estimate of drug-likeness (QED) is 0.906. The summed E-state index contributed by atoms with van der Waals surface area (Å²) in [5.74, 6) is -1.39. The average molecular weight is 304 g/mol. The second kappa shape index (κ2) is 5.77. The van der Waals surface area contributed by atoms with Gasteiger partial charge in [-0.15, -0.1) is 0 Å². The van der Waals surface area contributed by atoms with E-state index in [2.05, 4.69) is 0 Å². The largest absolute Gasteiger partial charge is 0.479 e. The summed E-state index contributed by atoms with van der Waals surface area (Å²) in [6.45, 7) is 0.544. The molecule has 1 N–H and O–H groups in total. The first-order chi connectivity index (χ1) is 8.97. The van der Waals surface area contributed by atoms with Crippen molar-refractivity contribution in [3.8, 4) is 0 Å². The third-order valence-corrected chi connectivity index (χ3v) is 3.18. The molecular formula is C12H11Cl2NO4. The molecule has 2 rings (SSSR count). The number of rotatable bonds is 2. The van der Waals surface area contributed by atoms with Crippen LogP contribution in [0.5, 0.6) is 0 Å². The van der Waals surface area contributed by atoms with Gasteiger partial charge in [-0.25, -0.2) is 4.79 Å². The topological polar surface area (TPSA) is 66.8 Å². The van der Waals surface area contributed by atoms with Crippen molar-refractivity contribution < 1.29 is 19.4 Å². The number of nitrogens with zero attached hydrogens (tertiary/aromatic N) is 1. The van der Waals surface area contributed by atoms with Crippen molar-refractivity contribution in [3.63, 3.8) is 0 Å². The minimum absolute atomic E-state index is 0.0122. The number of carbonyl (C=O) groups is 2. The van der Waals surface area contributed by atoms with Crippen LogP contribution < -0.4 is 0 Å². The van der Waals surface area contributed by atoms with E-state index in [4.69, 9.17) is 33.0 Å². The van der Waals surface area contributed by atoms with Gasteiger partial charge in [-0.2, -0.15) is 0 Å². The number of amides is 1. The lowest BCUT2D eigenvalue weighted by Crippen LogP contribution is -2.48. The first kappa shape index (κ1) is 14.1. The van der Waals surface area contributed by atoms with Crippen molar-refractivity contribution in [2.45, 2.75) is 6.10 Å². The lowest BCUT2D eigenvalue weighted by molar-refractivity contribution is -0.154. The number of aliphatic carboxylic acids is 1. The van der Waals surface area contributed by atoms with Gasteiger partial charge in [0.15, 0.2) is 6.10 Å². The fourth-order valence-corrected chi connectivity index (χ4v) is 2.37. The number of hydrogen-bond donors (Lipinski definition) is 1. The molecule has 1 aliphatic rings. The van der Waals surface area contributed by atoms with Crippen LogP contribution in [0.3, 0.4) is 0 Å². The normalized spacial score (nSPS) is 19.3. The molecule has 0 saturated carbocycles. The zero-order valence-electron chi connectivity index (χ0n) is 9.81. The van der Waals surface area contributed by atoms with E-state index < -0.39 is 12.1 Å². The summed E-state index contributed by atoms with van der Waals surface area (Å²) in [5.41, 5.74) is 0.337. The molecule has 1 saturated heterocycles. The molecule has 19 heavy (non-hydrogen) atoms. The highest BCUT2D eigenvalue weighted by Gasteiger charge is 2.29. The molecule has 5 nitrogen and oxygen atoms in total. The minimum atomic E-state index is -1.08. The third kappa shape index (κ3) is 3.37. The Bertz CT molecular complexity index is 500. The predicted octanol–water partition coefficient (Wildman–Crippen LogP) is 1.92. The number of hydrogen-bond acceptors (Lipinski definition) is 3. The van der Waals surface area contributed by atoms with Gasteiger partial charge in [0.05, 0.1) is 13.2 Å². The smallest absolute Gasteiger partial charge is 0.334 e. The molecule has 7 heteroatoms. The molecule has 1 aromatic rings. The van der Waals surface area contributed by atoms with E-state index in [1.54, 1.807) is 0 Å². The van der Waals surface area contributed by atoms with Crippen LogP contribution in [-0.2, 0) is 9.53 Å². The highest BCUT2D eigenvalue weighted by Crippen LogP contribution is 2.21. The van der Waals surface area contributed by atoms with Crippen molar-refractivity contribution >= 4 is 35.1 Å². The monoisotopic (exact) mass is 303 g/mol. The van der Waals surface area contributed by atoms with E-state index in [-0.39, 0.29) is 19.1 Å². The van der Waals surface area contributed by atoms with Gasteiger partial charge in [-0.1, -0.05) is 23.2 Å². The van der Waals surface area contributed by atoms with E-state index in [0.717, 1.165) is 0 Å². The Morgan fingerprint density at radius 3 is 2.47 bits per heavy atom. The second-order valence-electron chi connectivity index (χ2n) is 4.11. The Morgan fingerprint density at radius 2 is 1.89 bits per heavy atom. The number of carbonyl (C=O) groups excluding carboxylic acids is 1. The lowest BCUT2D eigenvalue weighted by atomic mass is 10.1. The van der Waals surface area contributed by atoms with Crippen LogP contribution in [-0.4, -0.2) is 47.7 Å². The van der Waals surface area contributed by atoms with Crippen LogP contribution in [0.1, 0.15) is 10.4 Å².